The maximum atomic E-state index is 5.83. The molecular formula is C27H23BrO2. The molecule has 1 aliphatic heterocycles. The van der Waals surface area contributed by atoms with Gasteiger partial charge in [0.1, 0.15) is 11.9 Å². The molecule has 3 aliphatic carbocycles. The van der Waals surface area contributed by atoms with Gasteiger partial charge in [0, 0.05) is 11.3 Å². The van der Waals surface area contributed by atoms with Gasteiger partial charge in [0.25, 0.3) is 0 Å². The van der Waals surface area contributed by atoms with Gasteiger partial charge in [0.2, 0.25) is 0 Å². The minimum absolute atomic E-state index is 0.0961. The molecule has 1 unspecified atom stereocenters. The summed E-state index contributed by atoms with van der Waals surface area (Å²) in [4.78, 5) is 0. The highest BCUT2D eigenvalue weighted by Crippen LogP contribution is 2.59. The second-order valence-corrected chi connectivity index (χ2v) is 9.85. The molecule has 2 aromatic carbocycles. The van der Waals surface area contributed by atoms with E-state index in [4.69, 9.17) is 9.47 Å². The highest BCUT2D eigenvalue weighted by Gasteiger charge is 2.46. The van der Waals surface area contributed by atoms with Crippen molar-refractivity contribution in [1.82, 2.24) is 0 Å². The summed E-state index contributed by atoms with van der Waals surface area (Å²) in [6.45, 7) is 7.34. The van der Waals surface area contributed by atoms with E-state index in [0.717, 1.165) is 10.2 Å². The van der Waals surface area contributed by atoms with Crippen LogP contribution in [0.15, 0.2) is 93.2 Å². The fourth-order valence-electron chi connectivity index (χ4n) is 5.93. The van der Waals surface area contributed by atoms with E-state index in [2.05, 4.69) is 97.4 Å². The number of allylic oxidation sites excluding steroid dienone is 6. The Hall–Kier alpha value is -2.36. The van der Waals surface area contributed by atoms with Gasteiger partial charge in [-0.2, -0.15) is 0 Å². The van der Waals surface area contributed by atoms with E-state index in [1.807, 2.05) is 0 Å². The second-order valence-electron chi connectivity index (χ2n) is 9.05. The van der Waals surface area contributed by atoms with Crippen molar-refractivity contribution in [3.05, 3.63) is 104 Å². The summed E-state index contributed by atoms with van der Waals surface area (Å²) in [7, 11) is 0. The lowest BCUT2D eigenvalue weighted by atomic mass is 9.66. The molecule has 6 rings (SSSR count). The number of ether oxygens (including phenoxy) is 2. The Kier molecular flexibility index (Phi) is 3.88. The van der Waals surface area contributed by atoms with Gasteiger partial charge in [-0.25, -0.2) is 0 Å². The second kappa shape index (κ2) is 6.32. The highest BCUT2D eigenvalue weighted by atomic mass is 79.9. The minimum atomic E-state index is -0.105. The van der Waals surface area contributed by atoms with Crippen LogP contribution in [0.1, 0.15) is 37.8 Å². The first-order valence-corrected chi connectivity index (χ1v) is 11.3. The van der Waals surface area contributed by atoms with Gasteiger partial charge in [0.15, 0.2) is 6.79 Å². The van der Waals surface area contributed by atoms with Crippen LogP contribution >= 0.6 is 15.9 Å². The van der Waals surface area contributed by atoms with Crippen LogP contribution < -0.4 is 0 Å². The Morgan fingerprint density at radius 2 is 1.57 bits per heavy atom. The summed E-state index contributed by atoms with van der Waals surface area (Å²) >= 11 is 3.80. The van der Waals surface area contributed by atoms with Crippen molar-refractivity contribution in [3.8, 4) is 11.1 Å². The summed E-state index contributed by atoms with van der Waals surface area (Å²) in [5.41, 5.74) is 10.7. The van der Waals surface area contributed by atoms with Crippen LogP contribution in [0, 0.1) is 5.41 Å². The summed E-state index contributed by atoms with van der Waals surface area (Å²) < 4.78 is 12.6. The number of benzene rings is 2. The van der Waals surface area contributed by atoms with Crippen LogP contribution in [0.5, 0.6) is 0 Å². The fourth-order valence-corrected chi connectivity index (χ4v) is 6.59. The standard InChI is InChI=1S/C27H23BrO2/c1-15-12-21-20(13-22-26(25(21)28)30-14-29-22)23(15)27(2,3)24-18-10-6-4-8-16(18)17-9-5-7-11-19(17)24/h4-13,22,24H,14H2,1-3H3. The summed E-state index contributed by atoms with van der Waals surface area (Å²) in [6.07, 6.45) is 4.44. The number of hydrogen-bond donors (Lipinski definition) is 0. The first-order valence-electron chi connectivity index (χ1n) is 10.5. The number of fused-ring (bicyclic) bond motifs is 5. The molecule has 0 N–H and O–H groups in total. The van der Waals surface area contributed by atoms with Crippen LogP contribution in [0.2, 0.25) is 0 Å². The van der Waals surface area contributed by atoms with Crippen molar-refractivity contribution < 1.29 is 9.47 Å². The number of hydrogen-bond acceptors (Lipinski definition) is 2. The van der Waals surface area contributed by atoms with E-state index in [-0.39, 0.29) is 11.5 Å². The molecule has 3 heteroatoms. The molecule has 1 atom stereocenters. The summed E-state index contributed by atoms with van der Waals surface area (Å²) in [6, 6.07) is 17.8. The molecule has 0 spiro atoms. The van der Waals surface area contributed by atoms with Crippen molar-refractivity contribution in [2.45, 2.75) is 32.8 Å². The molecule has 4 aliphatic rings. The SMILES string of the molecule is CC1=C(C(C)(C)C2c3ccccc3-c3ccccc32)C2=CC3OCOC3=C(Br)C2=C1. The maximum absolute atomic E-state index is 5.83. The molecule has 0 radical (unpaired) electrons. The van der Waals surface area contributed by atoms with Crippen LogP contribution in [0.25, 0.3) is 11.1 Å². The predicted molar refractivity (Wildman–Crippen MR) is 123 cm³/mol. The Bertz CT molecular complexity index is 1180. The van der Waals surface area contributed by atoms with Crippen molar-refractivity contribution in [3.63, 3.8) is 0 Å². The topological polar surface area (TPSA) is 18.5 Å². The zero-order valence-corrected chi connectivity index (χ0v) is 18.9. The van der Waals surface area contributed by atoms with Gasteiger partial charge in [-0.1, -0.05) is 62.4 Å². The normalized spacial score (nSPS) is 22.3. The fraction of sp³-hybridized carbons (Fsp3) is 0.259. The largest absolute Gasteiger partial charge is 0.468 e. The molecule has 30 heavy (non-hydrogen) atoms. The molecule has 0 amide bonds. The highest BCUT2D eigenvalue weighted by molar-refractivity contribution is 9.12. The predicted octanol–water partition coefficient (Wildman–Crippen LogP) is 7.00. The molecule has 0 saturated carbocycles. The molecule has 0 bridgehead atoms. The van der Waals surface area contributed by atoms with Crippen LogP contribution in [-0.2, 0) is 9.47 Å². The van der Waals surface area contributed by atoms with Crippen molar-refractivity contribution in [2.75, 3.05) is 6.79 Å². The van der Waals surface area contributed by atoms with E-state index < -0.39 is 0 Å². The molecular weight excluding hydrogens is 436 g/mol. The average Bonchev–Trinajstić information content (AvgIpc) is 3.42. The molecule has 1 heterocycles. The van der Waals surface area contributed by atoms with Crippen molar-refractivity contribution in [2.24, 2.45) is 5.41 Å². The Morgan fingerprint density at radius 3 is 2.23 bits per heavy atom. The minimum Gasteiger partial charge on any atom is -0.468 e. The quantitative estimate of drug-likeness (QED) is 0.482. The van der Waals surface area contributed by atoms with E-state index in [9.17, 15) is 0 Å². The molecule has 2 aromatic rings. The third-order valence-electron chi connectivity index (χ3n) is 7.01. The van der Waals surface area contributed by atoms with E-state index in [1.165, 1.54) is 44.5 Å². The van der Waals surface area contributed by atoms with E-state index >= 15 is 0 Å². The molecule has 2 nitrogen and oxygen atoms in total. The van der Waals surface area contributed by atoms with Crippen molar-refractivity contribution >= 4 is 15.9 Å². The van der Waals surface area contributed by atoms with Gasteiger partial charge in [0.05, 0.1) is 4.48 Å². The first-order chi connectivity index (χ1) is 14.5. The molecule has 1 fully saturated rings. The molecule has 150 valence electrons. The third kappa shape index (κ3) is 2.34. The first kappa shape index (κ1) is 18.4. The Morgan fingerprint density at radius 1 is 0.933 bits per heavy atom. The van der Waals surface area contributed by atoms with Crippen LogP contribution in [-0.4, -0.2) is 12.9 Å². The molecule has 0 aromatic heterocycles. The monoisotopic (exact) mass is 458 g/mol. The van der Waals surface area contributed by atoms with E-state index in [0.29, 0.717) is 12.7 Å². The number of halogens is 1. The maximum Gasteiger partial charge on any atom is 0.190 e. The summed E-state index contributed by atoms with van der Waals surface area (Å²) in [5.74, 6) is 1.20. The van der Waals surface area contributed by atoms with Crippen LogP contribution in [0.3, 0.4) is 0 Å². The van der Waals surface area contributed by atoms with E-state index in [1.54, 1.807) is 0 Å². The zero-order valence-electron chi connectivity index (χ0n) is 17.3. The zero-order chi connectivity index (χ0) is 20.6. The lowest BCUT2D eigenvalue weighted by molar-refractivity contribution is 0.0629. The van der Waals surface area contributed by atoms with Crippen molar-refractivity contribution in [1.29, 1.82) is 0 Å². The van der Waals surface area contributed by atoms with Gasteiger partial charge >= 0.3 is 0 Å². The molecule has 1 saturated heterocycles. The lowest BCUT2D eigenvalue weighted by Crippen LogP contribution is -2.27. The summed E-state index contributed by atoms with van der Waals surface area (Å²) in [5, 5.41) is 0. The average molecular weight is 459 g/mol. The van der Waals surface area contributed by atoms with Gasteiger partial charge in [-0.15, -0.1) is 0 Å². The van der Waals surface area contributed by atoms with Gasteiger partial charge < -0.3 is 9.47 Å². The lowest BCUT2D eigenvalue weighted by Gasteiger charge is -2.37. The Balaban J connectivity index is 1.52. The van der Waals surface area contributed by atoms with Gasteiger partial charge in [-0.3, -0.25) is 0 Å². The van der Waals surface area contributed by atoms with Crippen LogP contribution in [0.4, 0.5) is 0 Å². The van der Waals surface area contributed by atoms with Gasteiger partial charge in [-0.05, 0) is 79.6 Å². The Labute approximate surface area is 185 Å². The third-order valence-corrected chi connectivity index (χ3v) is 7.82. The smallest absolute Gasteiger partial charge is 0.190 e. The number of rotatable bonds is 2.